The molecule has 0 aliphatic carbocycles. The zero-order valence-electron chi connectivity index (χ0n) is 12.5. The zero-order chi connectivity index (χ0) is 15.2. The standard InChI is InChI=1S/C15H19N3O3/c1-11-4-6-12(7-5-11)15-16-13(21-17-15)10-18(2)9-8-14(19)20-3/h4-7H,8-10H2,1-3H3. The van der Waals surface area contributed by atoms with Crippen molar-refractivity contribution in [1.29, 1.82) is 0 Å². The summed E-state index contributed by atoms with van der Waals surface area (Å²) in [5.41, 5.74) is 2.11. The van der Waals surface area contributed by atoms with Gasteiger partial charge in [0.25, 0.3) is 0 Å². The number of ether oxygens (including phenoxy) is 1. The van der Waals surface area contributed by atoms with E-state index in [2.05, 4.69) is 14.9 Å². The molecule has 2 aromatic rings. The lowest BCUT2D eigenvalue weighted by atomic mass is 10.1. The van der Waals surface area contributed by atoms with Crippen LogP contribution in [0.25, 0.3) is 11.4 Å². The van der Waals surface area contributed by atoms with Gasteiger partial charge in [-0.3, -0.25) is 9.69 Å². The van der Waals surface area contributed by atoms with E-state index in [0.717, 1.165) is 5.56 Å². The SMILES string of the molecule is COC(=O)CCN(C)Cc1nc(-c2ccc(C)cc2)no1. The summed E-state index contributed by atoms with van der Waals surface area (Å²) in [5, 5.41) is 3.98. The van der Waals surface area contributed by atoms with Crippen LogP contribution >= 0.6 is 0 Å². The molecule has 1 heterocycles. The minimum atomic E-state index is -0.229. The smallest absolute Gasteiger partial charge is 0.306 e. The van der Waals surface area contributed by atoms with Crippen LogP contribution in [0.2, 0.25) is 0 Å². The normalized spacial score (nSPS) is 10.9. The fraction of sp³-hybridized carbons (Fsp3) is 0.400. The Morgan fingerprint density at radius 3 is 2.71 bits per heavy atom. The van der Waals surface area contributed by atoms with Crippen molar-refractivity contribution in [2.75, 3.05) is 20.7 Å². The molecule has 0 saturated heterocycles. The molecule has 0 atom stereocenters. The van der Waals surface area contributed by atoms with Crippen LogP contribution < -0.4 is 0 Å². The molecule has 2 rings (SSSR count). The van der Waals surface area contributed by atoms with Crippen molar-refractivity contribution in [3.63, 3.8) is 0 Å². The number of carbonyl (C=O) groups excluding carboxylic acids is 1. The zero-order valence-corrected chi connectivity index (χ0v) is 12.5. The largest absolute Gasteiger partial charge is 0.469 e. The van der Waals surface area contributed by atoms with Gasteiger partial charge in [-0.1, -0.05) is 35.0 Å². The molecule has 0 N–H and O–H groups in total. The lowest BCUT2D eigenvalue weighted by Crippen LogP contribution is -2.22. The summed E-state index contributed by atoms with van der Waals surface area (Å²) in [5.74, 6) is 0.872. The van der Waals surface area contributed by atoms with Crippen LogP contribution in [0.5, 0.6) is 0 Å². The third-order valence-electron chi connectivity index (χ3n) is 3.11. The molecule has 112 valence electrons. The number of benzene rings is 1. The monoisotopic (exact) mass is 289 g/mol. The molecule has 0 unspecified atom stereocenters. The molecular formula is C15H19N3O3. The van der Waals surface area contributed by atoms with Gasteiger partial charge < -0.3 is 9.26 Å². The summed E-state index contributed by atoms with van der Waals surface area (Å²) in [6.45, 7) is 3.10. The van der Waals surface area contributed by atoms with Gasteiger partial charge >= 0.3 is 5.97 Å². The third kappa shape index (κ3) is 4.39. The van der Waals surface area contributed by atoms with Crippen LogP contribution in [-0.2, 0) is 16.1 Å². The number of aromatic nitrogens is 2. The van der Waals surface area contributed by atoms with Crippen molar-refractivity contribution in [1.82, 2.24) is 15.0 Å². The number of nitrogens with zero attached hydrogens (tertiary/aromatic N) is 3. The van der Waals surface area contributed by atoms with E-state index in [0.29, 0.717) is 31.2 Å². The fourth-order valence-corrected chi connectivity index (χ4v) is 1.83. The van der Waals surface area contributed by atoms with E-state index in [1.807, 2.05) is 43.1 Å². The Morgan fingerprint density at radius 1 is 1.33 bits per heavy atom. The Morgan fingerprint density at radius 2 is 2.05 bits per heavy atom. The van der Waals surface area contributed by atoms with Gasteiger partial charge in [-0.05, 0) is 14.0 Å². The van der Waals surface area contributed by atoms with E-state index in [1.54, 1.807) is 0 Å². The van der Waals surface area contributed by atoms with Crippen molar-refractivity contribution in [3.05, 3.63) is 35.7 Å². The van der Waals surface area contributed by atoms with E-state index >= 15 is 0 Å². The van der Waals surface area contributed by atoms with Crippen molar-refractivity contribution in [2.24, 2.45) is 0 Å². The van der Waals surface area contributed by atoms with Gasteiger partial charge in [0.2, 0.25) is 11.7 Å². The number of aryl methyl sites for hydroxylation is 1. The Balaban J connectivity index is 1.93. The maximum absolute atomic E-state index is 11.1. The lowest BCUT2D eigenvalue weighted by Gasteiger charge is -2.12. The second-order valence-electron chi connectivity index (χ2n) is 4.94. The number of carbonyl (C=O) groups is 1. The molecule has 21 heavy (non-hydrogen) atoms. The molecule has 6 heteroatoms. The first-order chi connectivity index (χ1) is 10.1. The number of hydrogen-bond donors (Lipinski definition) is 0. The highest BCUT2D eigenvalue weighted by Gasteiger charge is 2.11. The van der Waals surface area contributed by atoms with Crippen LogP contribution in [0, 0.1) is 6.92 Å². The van der Waals surface area contributed by atoms with Gasteiger partial charge in [-0.2, -0.15) is 4.98 Å². The second-order valence-corrected chi connectivity index (χ2v) is 4.94. The van der Waals surface area contributed by atoms with Gasteiger partial charge in [-0.15, -0.1) is 0 Å². The maximum atomic E-state index is 11.1. The Labute approximate surface area is 123 Å². The molecule has 0 aliphatic rings. The summed E-state index contributed by atoms with van der Waals surface area (Å²) < 4.78 is 9.84. The predicted octanol–water partition coefficient (Wildman–Crippen LogP) is 2.04. The average Bonchev–Trinajstić information content (AvgIpc) is 2.94. The van der Waals surface area contributed by atoms with Crippen LogP contribution in [0.3, 0.4) is 0 Å². The molecule has 0 spiro atoms. The summed E-state index contributed by atoms with van der Waals surface area (Å²) in [6, 6.07) is 7.94. The highest BCUT2D eigenvalue weighted by Crippen LogP contribution is 2.16. The summed E-state index contributed by atoms with van der Waals surface area (Å²) in [7, 11) is 3.27. The van der Waals surface area contributed by atoms with Crippen molar-refractivity contribution >= 4 is 5.97 Å². The highest BCUT2D eigenvalue weighted by molar-refractivity contribution is 5.69. The first kappa shape index (κ1) is 15.2. The number of methoxy groups -OCH3 is 1. The van der Waals surface area contributed by atoms with Crippen LogP contribution in [0.4, 0.5) is 0 Å². The molecule has 0 radical (unpaired) electrons. The van der Waals surface area contributed by atoms with Gasteiger partial charge in [0.1, 0.15) is 0 Å². The number of hydrogen-bond acceptors (Lipinski definition) is 6. The molecule has 0 bridgehead atoms. The van der Waals surface area contributed by atoms with Crippen LogP contribution in [0.1, 0.15) is 17.9 Å². The Kier molecular flexibility index (Phi) is 5.05. The molecular weight excluding hydrogens is 270 g/mol. The lowest BCUT2D eigenvalue weighted by molar-refractivity contribution is -0.140. The fourth-order valence-electron chi connectivity index (χ4n) is 1.83. The van der Waals surface area contributed by atoms with E-state index in [-0.39, 0.29) is 5.97 Å². The highest BCUT2D eigenvalue weighted by atomic mass is 16.5. The molecule has 1 aromatic heterocycles. The van der Waals surface area contributed by atoms with Gasteiger partial charge in [0, 0.05) is 12.1 Å². The molecule has 1 aromatic carbocycles. The Hall–Kier alpha value is -2.21. The predicted molar refractivity (Wildman–Crippen MR) is 77.4 cm³/mol. The third-order valence-corrected chi connectivity index (χ3v) is 3.11. The second kappa shape index (κ2) is 6.99. The van der Waals surface area contributed by atoms with Crippen molar-refractivity contribution in [3.8, 4) is 11.4 Å². The Bertz CT molecular complexity index is 592. The number of rotatable bonds is 6. The van der Waals surface area contributed by atoms with E-state index < -0.39 is 0 Å². The number of esters is 1. The van der Waals surface area contributed by atoms with Gasteiger partial charge in [0.15, 0.2) is 0 Å². The quantitative estimate of drug-likeness (QED) is 0.758. The van der Waals surface area contributed by atoms with Crippen LogP contribution in [0.15, 0.2) is 28.8 Å². The minimum Gasteiger partial charge on any atom is -0.469 e. The summed E-state index contributed by atoms with van der Waals surface area (Å²) in [6.07, 6.45) is 0.339. The minimum absolute atomic E-state index is 0.229. The molecule has 6 nitrogen and oxygen atoms in total. The summed E-state index contributed by atoms with van der Waals surface area (Å²) >= 11 is 0. The molecule has 0 saturated carbocycles. The first-order valence-corrected chi connectivity index (χ1v) is 6.73. The molecule has 0 amide bonds. The average molecular weight is 289 g/mol. The van der Waals surface area contributed by atoms with Gasteiger partial charge in [0.05, 0.1) is 20.1 Å². The van der Waals surface area contributed by atoms with Crippen molar-refractivity contribution in [2.45, 2.75) is 19.9 Å². The van der Waals surface area contributed by atoms with E-state index in [9.17, 15) is 4.79 Å². The van der Waals surface area contributed by atoms with E-state index in [4.69, 9.17) is 4.52 Å². The maximum Gasteiger partial charge on any atom is 0.306 e. The van der Waals surface area contributed by atoms with Crippen molar-refractivity contribution < 1.29 is 14.1 Å². The van der Waals surface area contributed by atoms with Gasteiger partial charge in [-0.25, -0.2) is 0 Å². The first-order valence-electron chi connectivity index (χ1n) is 6.73. The topological polar surface area (TPSA) is 68.5 Å². The molecule has 0 aliphatic heterocycles. The molecule has 0 fully saturated rings. The van der Waals surface area contributed by atoms with Crippen LogP contribution in [-0.4, -0.2) is 41.7 Å². The van der Waals surface area contributed by atoms with E-state index in [1.165, 1.54) is 12.7 Å². The summed E-state index contributed by atoms with van der Waals surface area (Å²) in [4.78, 5) is 17.4.